The van der Waals surface area contributed by atoms with E-state index in [0.29, 0.717) is 0 Å². The average Bonchev–Trinajstić information content (AvgIpc) is 2.34. The molecule has 0 saturated heterocycles. The van der Waals surface area contributed by atoms with Crippen molar-refractivity contribution in [3.05, 3.63) is 11.8 Å². The zero-order chi connectivity index (χ0) is 19.9. The topological polar surface area (TPSA) is 43.4 Å². The summed E-state index contributed by atoms with van der Waals surface area (Å²) in [5.74, 6) is -19.0. The van der Waals surface area contributed by atoms with Crippen LogP contribution in [0.1, 0.15) is 0 Å². The Morgan fingerprint density at radius 1 is 0.792 bits per heavy atom. The molecule has 0 atom stereocenters. The lowest BCUT2D eigenvalue weighted by molar-refractivity contribution is -0.382. The Balaban J connectivity index is 6.10. The summed E-state index contributed by atoms with van der Waals surface area (Å²) in [4.78, 5) is 0. The summed E-state index contributed by atoms with van der Waals surface area (Å²) in [5, 5.41) is -7.50. The molecule has 144 valence electrons. The van der Waals surface area contributed by atoms with Crippen molar-refractivity contribution in [1.29, 1.82) is 0 Å². The zero-order valence-electron chi connectivity index (χ0n) is 10.1. The maximum Gasteiger partial charge on any atom is 0.460 e. The van der Waals surface area contributed by atoms with E-state index in [2.05, 4.69) is 4.18 Å². The summed E-state index contributed by atoms with van der Waals surface area (Å²) in [7, 11) is -7.81. The van der Waals surface area contributed by atoms with Gasteiger partial charge in [0.15, 0.2) is 0 Å². The van der Waals surface area contributed by atoms with Gasteiger partial charge in [0.25, 0.3) is 6.43 Å². The number of alkyl halides is 11. The maximum atomic E-state index is 12.9. The van der Waals surface area contributed by atoms with Gasteiger partial charge in [-0.1, -0.05) is 0 Å². The Morgan fingerprint density at radius 3 is 1.46 bits per heavy atom. The number of hydrogen-bond acceptors (Lipinski definition) is 3. The molecule has 0 aromatic carbocycles. The van der Waals surface area contributed by atoms with Gasteiger partial charge in [0.2, 0.25) is 5.83 Å². The van der Waals surface area contributed by atoms with Crippen molar-refractivity contribution in [2.24, 2.45) is 0 Å². The van der Waals surface area contributed by atoms with Crippen LogP contribution in [0.5, 0.6) is 0 Å². The molecule has 0 aliphatic heterocycles. The van der Waals surface area contributed by atoms with Gasteiger partial charge in [-0.3, -0.25) is 0 Å². The van der Waals surface area contributed by atoms with Gasteiger partial charge in [-0.25, -0.2) is 8.78 Å². The molecule has 0 radical (unpaired) electrons. The van der Waals surface area contributed by atoms with Crippen molar-refractivity contribution in [2.75, 3.05) is 0 Å². The molecule has 0 unspecified atom stereocenters. The van der Waals surface area contributed by atoms with E-state index in [1.54, 1.807) is 0 Å². The van der Waals surface area contributed by atoms with Crippen LogP contribution in [-0.2, 0) is 14.3 Å². The average molecular weight is 412 g/mol. The fourth-order valence-corrected chi connectivity index (χ4v) is 1.61. The fourth-order valence-electron chi connectivity index (χ4n) is 0.792. The van der Waals surface area contributed by atoms with Crippen molar-refractivity contribution in [1.82, 2.24) is 0 Å². The van der Waals surface area contributed by atoms with Crippen LogP contribution in [0, 0.1) is 0 Å². The Hall–Kier alpha value is -1.42. The number of halogens is 13. The molecule has 0 bridgehead atoms. The molecule has 0 N–H and O–H groups in total. The summed E-state index contributed by atoms with van der Waals surface area (Å²) in [6.07, 6.45) is -12.0. The monoisotopic (exact) mass is 412 g/mol. The van der Waals surface area contributed by atoms with Gasteiger partial charge in [0.05, 0.1) is 0 Å². The standard InChI is InChI=1S/C7HF13O3S/c8-1(2(9)10)3(11)23-24(21,22)7(19,20)5(14,15)4(12,13)6(16,17)18/h2H/b3-1-. The third-order valence-corrected chi connectivity index (χ3v) is 3.24. The summed E-state index contributed by atoms with van der Waals surface area (Å²) >= 11 is 0. The van der Waals surface area contributed by atoms with Crippen molar-refractivity contribution in [3.8, 4) is 0 Å². The second kappa shape index (κ2) is 6.14. The zero-order valence-corrected chi connectivity index (χ0v) is 10.9. The molecular formula is C7HF13O3S. The normalized spacial score (nSPS) is 16.2. The highest BCUT2D eigenvalue weighted by Crippen LogP contribution is 2.55. The minimum Gasteiger partial charge on any atom is -0.345 e. The quantitative estimate of drug-likeness (QED) is 0.375. The SMILES string of the molecule is O=S(=O)(O/C(F)=C(\F)C(F)F)C(F)(F)C(F)(F)C(F)(F)C(F)(F)F. The molecule has 17 heteroatoms. The maximum absolute atomic E-state index is 12.9. The highest BCUT2D eigenvalue weighted by Gasteiger charge is 2.86. The van der Waals surface area contributed by atoms with Gasteiger partial charge in [0.1, 0.15) is 0 Å². The van der Waals surface area contributed by atoms with Gasteiger partial charge in [0, 0.05) is 0 Å². The first kappa shape index (κ1) is 22.6. The van der Waals surface area contributed by atoms with Gasteiger partial charge >= 0.3 is 39.4 Å². The van der Waals surface area contributed by atoms with Crippen LogP contribution in [-0.4, -0.2) is 38.1 Å². The van der Waals surface area contributed by atoms with Crippen LogP contribution >= 0.6 is 0 Å². The van der Waals surface area contributed by atoms with Crippen molar-refractivity contribution < 1.29 is 69.7 Å². The third-order valence-electron chi connectivity index (χ3n) is 1.99. The van der Waals surface area contributed by atoms with Gasteiger partial charge in [-0.15, -0.1) is 0 Å². The first-order valence-corrected chi connectivity index (χ1v) is 6.12. The van der Waals surface area contributed by atoms with E-state index in [1.165, 1.54) is 0 Å². The molecule has 24 heavy (non-hydrogen) atoms. The van der Waals surface area contributed by atoms with Crippen LogP contribution in [0.25, 0.3) is 0 Å². The van der Waals surface area contributed by atoms with Crippen molar-refractivity contribution >= 4 is 10.1 Å². The second-order valence-electron chi connectivity index (χ2n) is 3.62. The van der Waals surface area contributed by atoms with Gasteiger partial charge in [-0.2, -0.15) is 56.7 Å². The summed E-state index contributed by atoms with van der Waals surface area (Å²) in [6.45, 7) is 0. The first-order chi connectivity index (χ1) is 10.2. The molecule has 0 fully saturated rings. The molecule has 0 heterocycles. The smallest absolute Gasteiger partial charge is 0.345 e. The van der Waals surface area contributed by atoms with Gasteiger partial charge < -0.3 is 4.18 Å². The second-order valence-corrected chi connectivity index (χ2v) is 5.21. The largest absolute Gasteiger partial charge is 0.460 e. The summed E-state index contributed by atoms with van der Waals surface area (Å²) in [5.41, 5.74) is 0. The number of allylic oxidation sites excluding steroid dienone is 1. The number of rotatable bonds is 6. The summed E-state index contributed by atoms with van der Waals surface area (Å²) < 4.78 is 182. The molecule has 3 nitrogen and oxygen atoms in total. The molecule has 0 aliphatic carbocycles. The Morgan fingerprint density at radius 2 is 1.17 bits per heavy atom. The van der Waals surface area contributed by atoms with Crippen molar-refractivity contribution in [2.45, 2.75) is 29.7 Å². The molecule has 0 spiro atoms. The van der Waals surface area contributed by atoms with E-state index in [0.717, 1.165) is 0 Å². The highest BCUT2D eigenvalue weighted by atomic mass is 32.2. The van der Waals surface area contributed by atoms with E-state index in [-0.39, 0.29) is 0 Å². The Labute approximate surface area is 122 Å². The first-order valence-electron chi connectivity index (χ1n) is 4.71. The van der Waals surface area contributed by atoms with E-state index >= 15 is 0 Å². The van der Waals surface area contributed by atoms with Gasteiger partial charge in [-0.05, 0) is 0 Å². The number of hydrogen-bond donors (Lipinski definition) is 0. The van der Waals surface area contributed by atoms with Crippen LogP contribution in [0.15, 0.2) is 11.8 Å². The molecule has 0 aliphatic rings. The minimum absolute atomic E-state index is 2.12. The minimum atomic E-state index is -7.81. The summed E-state index contributed by atoms with van der Waals surface area (Å²) in [6, 6.07) is -3.77. The molecule has 0 rings (SSSR count). The van der Waals surface area contributed by atoms with E-state index < -0.39 is 51.7 Å². The van der Waals surface area contributed by atoms with E-state index in [1.807, 2.05) is 0 Å². The lowest BCUT2D eigenvalue weighted by Gasteiger charge is -2.32. The molecule has 0 aromatic rings. The molecular weight excluding hydrogens is 411 g/mol. The third kappa shape index (κ3) is 3.49. The lowest BCUT2D eigenvalue weighted by Crippen LogP contribution is -2.63. The Bertz CT molecular complexity index is 602. The molecule has 0 aromatic heterocycles. The molecule has 0 amide bonds. The van der Waals surface area contributed by atoms with E-state index in [9.17, 15) is 65.5 Å². The highest BCUT2D eigenvalue weighted by molar-refractivity contribution is 7.88. The fraction of sp³-hybridized carbons (Fsp3) is 0.714. The Kier molecular flexibility index (Phi) is 5.78. The van der Waals surface area contributed by atoms with Crippen molar-refractivity contribution in [3.63, 3.8) is 0 Å². The van der Waals surface area contributed by atoms with Crippen LogP contribution in [0.3, 0.4) is 0 Å². The van der Waals surface area contributed by atoms with Crippen LogP contribution < -0.4 is 0 Å². The van der Waals surface area contributed by atoms with E-state index in [4.69, 9.17) is 0 Å². The van der Waals surface area contributed by atoms with Crippen LogP contribution in [0.2, 0.25) is 0 Å². The lowest BCUT2D eigenvalue weighted by atomic mass is 10.1. The molecule has 0 saturated carbocycles. The van der Waals surface area contributed by atoms with Crippen LogP contribution in [0.4, 0.5) is 57.1 Å². The predicted octanol–water partition coefficient (Wildman–Crippen LogP) is 4.13. The predicted molar refractivity (Wildman–Crippen MR) is 46.1 cm³/mol.